The Labute approximate surface area is 127 Å². The first-order chi connectivity index (χ1) is 9.54. The van der Waals surface area contributed by atoms with Crippen molar-refractivity contribution in [3.05, 3.63) is 29.3 Å². The summed E-state index contributed by atoms with van der Waals surface area (Å²) in [5, 5.41) is 3.23. The van der Waals surface area contributed by atoms with Gasteiger partial charge in [-0.25, -0.2) is 0 Å². The SMILES string of the molecule is COC(=O)C(N)CSCCC(=O)Nc1ccccc1Cl. The molecule has 0 aliphatic carbocycles. The molecule has 1 aromatic rings. The number of para-hydroxylation sites is 1. The number of nitrogens with two attached hydrogens (primary N) is 1. The molecular formula is C13H17ClN2O3S. The van der Waals surface area contributed by atoms with Gasteiger partial charge in [-0.1, -0.05) is 23.7 Å². The number of thioether (sulfide) groups is 1. The highest BCUT2D eigenvalue weighted by atomic mass is 35.5. The maximum absolute atomic E-state index is 11.7. The summed E-state index contributed by atoms with van der Waals surface area (Å²) in [5.74, 6) is 0.419. The van der Waals surface area contributed by atoms with Crippen LogP contribution in [0.15, 0.2) is 24.3 Å². The van der Waals surface area contributed by atoms with E-state index in [4.69, 9.17) is 17.3 Å². The van der Waals surface area contributed by atoms with Crippen molar-refractivity contribution in [3.63, 3.8) is 0 Å². The largest absolute Gasteiger partial charge is 0.468 e. The second kappa shape index (κ2) is 8.84. The van der Waals surface area contributed by atoms with Crippen LogP contribution in [-0.4, -0.2) is 36.5 Å². The smallest absolute Gasteiger partial charge is 0.323 e. The van der Waals surface area contributed by atoms with Crippen LogP contribution in [0, 0.1) is 0 Å². The zero-order valence-corrected chi connectivity index (χ0v) is 12.7. The van der Waals surface area contributed by atoms with Gasteiger partial charge in [-0.05, 0) is 12.1 Å². The molecule has 110 valence electrons. The number of carbonyl (C=O) groups excluding carboxylic acids is 2. The van der Waals surface area contributed by atoms with Crippen molar-refractivity contribution in [2.24, 2.45) is 5.73 Å². The molecule has 5 nitrogen and oxygen atoms in total. The Morgan fingerprint density at radius 3 is 2.80 bits per heavy atom. The van der Waals surface area contributed by atoms with Crippen LogP contribution in [0.4, 0.5) is 5.69 Å². The van der Waals surface area contributed by atoms with Crippen LogP contribution >= 0.6 is 23.4 Å². The van der Waals surface area contributed by atoms with E-state index >= 15 is 0 Å². The van der Waals surface area contributed by atoms with E-state index in [-0.39, 0.29) is 5.91 Å². The molecule has 0 spiro atoms. The van der Waals surface area contributed by atoms with E-state index < -0.39 is 12.0 Å². The first-order valence-electron chi connectivity index (χ1n) is 6.00. The number of halogens is 1. The standard InChI is InChI=1S/C13H17ClN2O3S/c1-19-13(18)10(15)8-20-7-6-12(17)16-11-5-3-2-4-9(11)14/h2-5,10H,6-8,15H2,1H3,(H,16,17). The van der Waals surface area contributed by atoms with Crippen molar-refractivity contribution < 1.29 is 14.3 Å². The predicted molar refractivity (Wildman–Crippen MR) is 82.0 cm³/mol. The first kappa shape index (κ1) is 16.8. The molecule has 0 saturated heterocycles. The third kappa shape index (κ3) is 5.81. The van der Waals surface area contributed by atoms with Gasteiger partial charge in [0.2, 0.25) is 5.91 Å². The summed E-state index contributed by atoms with van der Waals surface area (Å²) in [4.78, 5) is 22.8. The summed E-state index contributed by atoms with van der Waals surface area (Å²) in [6.45, 7) is 0. The molecule has 1 atom stereocenters. The number of ether oxygens (including phenoxy) is 1. The molecule has 0 radical (unpaired) electrons. The van der Waals surface area contributed by atoms with E-state index in [1.165, 1.54) is 18.9 Å². The van der Waals surface area contributed by atoms with Crippen molar-refractivity contribution in [2.45, 2.75) is 12.5 Å². The highest BCUT2D eigenvalue weighted by molar-refractivity contribution is 7.99. The highest BCUT2D eigenvalue weighted by Gasteiger charge is 2.13. The van der Waals surface area contributed by atoms with E-state index in [2.05, 4.69) is 10.1 Å². The maximum atomic E-state index is 11.7. The number of carbonyl (C=O) groups is 2. The Balaban J connectivity index is 2.24. The van der Waals surface area contributed by atoms with Gasteiger partial charge >= 0.3 is 5.97 Å². The lowest BCUT2D eigenvalue weighted by atomic mass is 10.3. The fraction of sp³-hybridized carbons (Fsp3) is 0.385. The van der Waals surface area contributed by atoms with Gasteiger partial charge in [0.15, 0.2) is 0 Å². The van der Waals surface area contributed by atoms with Gasteiger partial charge in [0.05, 0.1) is 17.8 Å². The normalized spacial score (nSPS) is 11.8. The van der Waals surface area contributed by atoms with Crippen LogP contribution < -0.4 is 11.1 Å². The van der Waals surface area contributed by atoms with Gasteiger partial charge in [0, 0.05) is 17.9 Å². The first-order valence-corrected chi connectivity index (χ1v) is 7.53. The quantitative estimate of drug-likeness (QED) is 0.593. The summed E-state index contributed by atoms with van der Waals surface area (Å²) in [6, 6.07) is 6.38. The lowest BCUT2D eigenvalue weighted by Gasteiger charge is -2.09. The molecule has 0 bridgehead atoms. The predicted octanol–water partition coefficient (Wildman–Crippen LogP) is 1.90. The minimum Gasteiger partial charge on any atom is -0.468 e. The molecule has 20 heavy (non-hydrogen) atoms. The van der Waals surface area contributed by atoms with Crippen LogP contribution in [0.5, 0.6) is 0 Å². The lowest BCUT2D eigenvalue weighted by Crippen LogP contribution is -2.34. The summed E-state index contributed by atoms with van der Waals surface area (Å²) < 4.78 is 4.51. The Bertz CT molecular complexity index is 471. The van der Waals surface area contributed by atoms with Crippen LogP contribution in [0.1, 0.15) is 6.42 Å². The average molecular weight is 317 g/mol. The van der Waals surface area contributed by atoms with E-state index in [9.17, 15) is 9.59 Å². The van der Waals surface area contributed by atoms with Crippen molar-refractivity contribution in [1.29, 1.82) is 0 Å². The number of hydrogen-bond acceptors (Lipinski definition) is 5. The summed E-state index contributed by atoms with van der Waals surface area (Å²) >= 11 is 7.36. The Kier molecular flexibility index (Phi) is 7.43. The summed E-state index contributed by atoms with van der Waals surface area (Å²) in [5.41, 5.74) is 6.17. The van der Waals surface area contributed by atoms with Crippen molar-refractivity contribution in [3.8, 4) is 0 Å². The van der Waals surface area contributed by atoms with Gasteiger partial charge in [-0.15, -0.1) is 0 Å². The van der Waals surface area contributed by atoms with Crippen LogP contribution in [0.2, 0.25) is 5.02 Å². The molecule has 0 heterocycles. The molecule has 7 heteroatoms. The lowest BCUT2D eigenvalue weighted by molar-refractivity contribution is -0.141. The molecule has 3 N–H and O–H groups in total. The molecule has 0 aliphatic heterocycles. The highest BCUT2D eigenvalue weighted by Crippen LogP contribution is 2.20. The molecule has 0 aromatic heterocycles. The summed E-state index contributed by atoms with van der Waals surface area (Å²) in [7, 11) is 1.30. The molecule has 1 aromatic carbocycles. The number of anilines is 1. The number of methoxy groups -OCH3 is 1. The van der Waals surface area contributed by atoms with Crippen LogP contribution in [0.3, 0.4) is 0 Å². The molecule has 1 rings (SSSR count). The Morgan fingerprint density at radius 1 is 1.45 bits per heavy atom. The van der Waals surface area contributed by atoms with Crippen LogP contribution in [-0.2, 0) is 14.3 Å². The van der Waals surface area contributed by atoms with Gasteiger partial charge in [-0.2, -0.15) is 11.8 Å². The minimum atomic E-state index is -0.656. The van der Waals surface area contributed by atoms with Crippen molar-refractivity contribution in [2.75, 3.05) is 23.9 Å². The second-order valence-corrected chi connectivity index (χ2v) is 5.54. The third-order valence-corrected chi connectivity index (χ3v) is 3.84. The topological polar surface area (TPSA) is 81.4 Å². The van der Waals surface area contributed by atoms with Gasteiger partial charge < -0.3 is 15.8 Å². The monoisotopic (exact) mass is 316 g/mol. The number of amides is 1. The molecule has 0 aliphatic rings. The molecule has 0 saturated carbocycles. The van der Waals surface area contributed by atoms with E-state index in [0.29, 0.717) is 28.6 Å². The molecule has 1 amide bonds. The van der Waals surface area contributed by atoms with Gasteiger partial charge in [-0.3, -0.25) is 9.59 Å². The number of nitrogens with one attached hydrogen (secondary N) is 1. The average Bonchev–Trinajstić information content (AvgIpc) is 2.45. The van der Waals surface area contributed by atoms with E-state index in [1.807, 2.05) is 0 Å². The Morgan fingerprint density at radius 2 is 2.15 bits per heavy atom. The van der Waals surface area contributed by atoms with E-state index in [1.54, 1.807) is 24.3 Å². The zero-order chi connectivity index (χ0) is 15.0. The number of esters is 1. The number of rotatable bonds is 7. The minimum absolute atomic E-state index is 0.128. The maximum Gasteiger partial charge on any atom is 0.323 e. The van der Waals surface area contributed by atoms with Gasteiger partial charge in [0.1, 0.15) is 6.04 Å². The third-order valence-electron chi connectivity index (χ3n) is 2.42. The zero-order valence-electron chi connectivity index (χ0n) is 11.1. The van der Waals surface area contributed by atoms with Crippen molar-refractivity contribution in [1.82, 2.24) is 0 Å². The second-order valence-electron chi connectivity index (χ2n) is 3.98. The number of hydrogen-bond donors (Lipinski definition) is 2. The van der Waals surface area contributed by atoms with Crippen molar-refractivity contribution >= 4 is 40.9 Å². The Hall–Kier alpha value is -1.24. The fourth-order valence-corrected chi connectivity index (χ4v) is 2.44. The van der Waals surface area contributed by atoms with Crippen LogP contribution in [0.25, 0.3) is 0 Å². The van der Waals surface area contributed by atoms with E-state index in [0.717, 1.165) is 0 Å². The number of benzene rings is 1. The summed E-state index contributed by atoms with van der Waals surface area (Å²) in [6.07, 6.45) is 0.323. The fourth-order valence-electron chi connectivity index (χ4n) is 1.37. The molecule has 0 fully saturated rings. The molecule has 1 unspecified atom stereocenters. The molecular weight excluding hydrogens is 300 g/mol. The van der Waals surface area contributed by atoms with Gasteiger partial charge in [0.25, 0.3) is 0 Å².